The van der Waals surface area contributed by atoms with E-state index in [1.165, 1.54) is 16.9 Å². The van der Waals surface area contributed by atoms with Gasteiger partial charge in [0, 0.05) is 24.4 Å². The van der Waals surface area contributed by atoms with Crippen LogP contribution >= 0.6 is 11.3 Å². The van der Waals surface area contributed by atoms with Gasteiger partial charge in [-0.3, -0.25) is 4.79 Å². The van der Waals surface area contributed by atoms with Gasteiger partial charge >= 0.3 is 0 Å². The van der Waals surface area contributed by atoms with Crippen molar-refractivity contribution >= 4 is 17.2 Å². The average Bonchev–Trinajstić information content (AvgIpc) is 3.04. The fourth-order valence-corrected chi connectivity index (χ4v) is 4.87. The Labute approximate surface area is 131 Å². The number of aliphatic hydroxyl groups excluding tert-OH is 1. The summed E-state index contributed by atoms with van der Waals surface area (Å²) in [6.07, 6.45) is 6.26. The van der Waals surface area contributed by atoms with E-state index < -0.39 is 0 Å². The monoisotopic (exact) mass is 307 g/mol. The number of hydrogen-bond acceptors (Lipinski definition) is 3. The van der Waals surface area contributed by atoms with Gasteiger partial charge in [0.1, 0.15) is 0 Å². The second-order valence-corrected chi connectivity index (χ2v) is 7.99. The van der Waals surface area contributed by atoms with E-state index in [1.54, 1.807) is 16.2 Å². The Hall–Kier alpha value is -0.870. The Morgan fingerprint density at radius 2 is 2.24 bits per heavy atom. The van der Waals surface area contributed by atoms with Crippen LogP contribution in [0.25, 0.3) is 0 Å². The summed E-state index contributed by atoms with van der Waals surface area (Å²) in [6, 6.07) is 2.11. The lowest BCUT2D eigenvalue weighted by Crippen LogP contribution is -2.34. The van der Waals surface area contributed by atoms with E-state index >= 15 is 0 Å². The SMILES string of the molecule is CC1CCc2sc(C(=O)N(C)CC3CCCC3O)cc2C1. The molecule has 0 radical (unpaired) electrons. The summed E-state index contributed by atoms with van der Waals surface area (Å²) in [7, 11) is 1.87. The highest BCUT2D eigenvalue weighted by atomic mass is 32.1. The van der Waals surface area contributed by atoms with Crippen LogP contribution < -0.4 is 0 Å². The normalized spacial score (nSPS) is 28.4. The molecule has 0 spiro atoms. The van der Waals surface area contributed by atoms with Gasteiger partial charge < -0.3 is 10.0 Å². The molecule has 1 saturated carbocycles. The summed E-state index contributed by atoms with van der Waals surface area (Å²) >= 11 is 1.68. The van der Waals surface area contributed by atoms with Crippen LogP contribution in [0, 0.1) is 11.8 Å². The molecule has 3 nitrogen and oxygen atoms in total. The molecule has 2 aliphatic rings. The lowest BCUT2D eigenvalue weighted by molar-refractivity contribution is 0.0698. The van der Waals surface area contributed by atoms with Gasteiger partial charge in [-0.2, -0.15) is 0 Å². The third-order valence-corrected chi connectivity index (χ3v) is 6.24. The van der Waals surface area contributed by atoms with Crippen molar-refractivity contribution in [1.29, 1.82) is 0 Å². The summed E-state index contributed by atoms with van der Waals surface area (Å²) in [5.74, 6) is 1.12. The molecule has 1 heterocycles. The molecule has 0 saturated heterocycles. The van der Waals surface area contributed by atoms with Crippen molar-refractivity contribution < 1.29 is 9.90 Å². The van der Waals surface area contributed by atoms with Crippen LogP contribution in [0.1, 0.15) is 52.7 Å². The van der Waals surface area contributed by atoms with Crippen molar-refractivity contribution in [1.82, 2.24) is 4.90 Å². The third kappa shape index (κ3) is 3.16. The summed E-state index contributed by atoms with van der Waals surface area (Å²) < 4.78 is 0. The fraction of sp³-hybridized carbons (Fsp3) is 0.706. The first kappa shape index (κ1) is 15.0. The van der Waals surface area contributed by atoms with Crippen LogP contribution in [-0.4, -0.2) is 35.6 Å². The first-order valence-electron chi connectivity index (χ1n) is 8.09. The van der Waals surface area contributed by atoms with Crippen molar-refractivity contribution in [2.75, 3.05) is 13.6 Å². The minimum atomic E-state index is -0.224. The van der Waals surface area contributed by atoms with Crippen molar-refractivity contribution in [3.8, 4) is 0 Å². The average molecular weight is 307 g/mol. The molecule has 2 aliphatic carbocycles. The molecule has 4 heteroatoms. The molecule has 1 aromatic rings. The van der Waals surface area contributed by atoms with E-state index in [4.69, 9.17) is 0 Å². The van der Waals surface area contributed by atoms with E-state index in [9.17, 15) is 9.90 Å². The molecule has 21 heavy (non-hydrogen) atoms. The van der Waals surface area contributed by atoms with Crippen LogP contribution in [0.2, 0.25) is 0 Å². The number of fused-ring (bicyclic) bond motifs is 1. The second kappa shape index (κ2) is 6.09. The number of carbonyl (C=O) groups is 1. The van der Waals surface area contributed by atoms with E-state index in [0.717, 1.165) is 42.9 Å². The van der Waals surface area contributed by atoms with Crippen molar-refractivity contribution in [2.45, 2.75) is 51.6 Å². The summed E-state index contributed by atoms with van der Waals surface area (Å²) in [6.45, 7) is 2.97. The lowest BCUT2D eigenvalue weighted by Gasteiger charge is -2.22. The van der Waals surface area contributed by atoms with Crippen LogP contribution in [-0.2, 0) is 12.8 Å². The van der Waals surface area contributed by atoms with Gasteiger partial charge in [0.15, 0.2) is 0 Å². The zero-order valence-electron chi connectivity index (χ0n) is 13.0. The highest BCUT2D eigenvalue weighted by Gasteiger charge is 2.29. The first-order chi connectivity index (χ1) is 10.0. The van der Waals surface area contributed by atoms with Gasteiger partial charge in [-0.15, -0.1) is 11.3 Å². The molecule has 3 atom stereocenters. The number of amides is 1. The standard InChI is InChI=1S/C17H25NO2S/c1-11-6-7-15-13(8-11)9-16(21-15)17(20)18(2)10-12-4-3-5-14(12)19/h9,11-12,14,19H,3-8,10H2,1-2H3. The van der Waals surface area contributed by atoms with Gasteiger partial charge in [-0.25, -0.2) is 0 Å². The maximum absolute atomic E-state index is 12.6. The zero-order chi connectivity index (χ0) is 15.0. The highest BCUT2D eigenvalue weighted by Crippen LogP contribution is 2.33. The molecular formula is C17H25NO2S. The second-order valence-electron chi connectivity index (χ2n) is 6.85. The van der Waals surface area contributed by atoms with E-state index in [2.05, 4.69) is 13.0 Å². The summed E-state index contributed by atoms with van der Waals surface area (Å²) in [5, 5.41) is 9.92. The number of hydrogen-bond donors (Lipinski definition) is 1. The molecule has 1 amide bonds. The minimum Gasteiger partial charge on any atom is -0.393 e. The maximum atomic E-state index is 12.6. The number of nitrogens with zero attached hydrogens (tertiary/aromatic N) is 1. The number of aryl methyl sites for hydroxylation is 1. The molecule has 1 N–H and O–H groups in total. The Bertz CT molecular complexity index is 525. The third-order valence-electron chi connectivity index (χ3n) is 5.01. The topological polar surface area (TPSA) is 40.5 Å². The first-order valence-corrected chi connectivity index (χ1v) is 8.91. The summed E-state index contributed by atoms with van der Waals surface area (Å²) in [4.78, 5) is 16.7. The van der Waals surface area contributed by atoms with Gasteiger partial charge in [0.05, 0.1) is 11.0 Å². The van der Waals surface area contributed by atoms with E-state index in [0.29, 0.717) is 6.54 Å². The minimum absolute atomic E-state index is 0.126. The smallest absolute Gasteiger partial charge is 0.263 e. The Morgan fingerprint density at radius 1 is 1.43 bits per heavy atom. The van der Waals surface area contributed by atoms with Crippen molar-refractivity contribution in [3.63, 3.8) is 0 Å². The predicted octanol–water partition coefficient (Wildman–Crippen LogP) is 3.11. The molecule has 0 aromatic carbocycles. The van der Waals surface area contributed by atoms with Gasteiger partial charge in [-0.05, 0) is 49.7 Å². The molecule has 3 unspecified atom stereocenters. The van der Waals surface area contributed by atoms with E-state index in [-0.39, 0.29) is 17.9 Å². The predicted molar refractivity (Wildman–Crippen MR) is 85.8 cm³/mol. The van der Waals surface area contributed by atoms with Crippen LogP contribution in [0.3, 0.4) is 0 Å². The number of aliphatic hydroxyl groups is 1. The Kier molecular flexibility index (Phi) is 4.36. The number of thiophene rings is 1. The van der Waals surface area contributed by atoms with Crippen LogP contribution in [0.5, 0.6) is 0 Å². The molecule has 1 aromatic heterocycles. The molecule has 116 valence electrons. The van der Waals surface area contributed by atoms with Gasteiger partial charge in [0.25, 0.3) is 5.91 Å². The summed E-state index contributed by atoms with van der Waals surface area (Å²) in [5.41, 5.74) is 1.39. The molecule has 3 rings (SSSR count). The number of carbonyl (C=O) groups excluding carboxylic acids is 1. The van der Waals surface area contributed by atoms with Gasteiger partial charge in [0.2, 0.25) is 0 Å². The molecule has 0 aliphatic heterocycles. The van der Waals surface area contributed by atoms with Crippen molar-refractivity contribution in [2.24, 2.45) is 11.8 Å². The van der Waals surface area contributed by atoms with Gasteiger partial charge in [-0.1, -0.05) is 13.3 Å². The van der Waals surface area contributed by atoms with Crippen molar-refractivity contribution in [3.05, 3.63) is 21.4 Å². The largest absolute Gasteiger partial charge is 0.393 e. The Morgan fingerprint density at radius 3 is 2.95 bits per heavy atom. The fourth-order valence-electron chi connectivity index (χ4n) is 3.66. The quantitative estimate of drug-likeness (QED) is 0.932. The molecular weight excluding hydrogens is 282 g/mol. The zero-order valence-corrected chi connectivity index (χ0v) is 13.8. The Balaban J connectivity index is 1.67. The lowest BCUT2D eigenvalue weighted by atomic mass is 9.90. The van der Waals surface area contributed by atoms with Crippen LogP contribution in [0.4, 0.5) is 0 Å². The highest BCUT2D eigenvalue weighted by molar-refractivity contribution is 7.14. The maximum Gasteiger partial charge on any atom is 0.263 e. The molecule has 1 fully saturated rings. The number of rotatable bonds is 3. The molecule has 0 bridgehead atoms. The van der Waals surface area contributed by atoms with Crippen LogP contribution in [0.15, 0.2) is 6.07 Å². The van der Waals surface area contributed by atoms with E-state index in [1.807, 2.05) is 7.05 Å².